The van der Waals surface area contributed by atoms with Crippen molar-refractivity contribution in [3.63, 3.8) is 0 Å². The van der Waals surface area contributed by atoms with E-state index in [4.69, 9.17) is 4.74 Å². The summed E-state index contributed by atoms with van der Waals surface area (Å²) >= 11 is 0. The zero-order valence-electron chi connectivity index (χ0n) is 20.0. The van der Waals surface area contributed by atoms with Gasteiger partial charge in [0, 0.05) is 12.1 Å². The summed E-state index contributed by atoms with van der Waals surface area (Å²) in [6.45, 7) is 8.57. The number of carbonyl (C=O) groups excluding carboxylic acids is 2. The van der Waals surface area contributed by atoms with Crippen molar-refractivity contribution in [2.24, 2.45) is 0 Å². The van der Waals surface area contributed by atoms with E-state index in [1.165, 1.54) is 0 Å². The Morgan fingerprint density at radius 1 is 0.912 bits per heavy atom. The Hall–Kier alpha value is -3.86. The summed E-state index contributed by atoms with van der Waals surface area (Å²) in [6.07, 6.45) is 0. The Labute approximate surface area is 200 Å². The maximum Gasteiger partial charge on any atom is 0.295 e. The number of benzene rings is 3. The molecule has 4 rings (SSSR count). The van der Waals surface area contributed by atoms with Crippen LogP contribution in [0.3, 0.4) is 0 Å². The molecule has 1 N–H and O–H groups in total. The number of amides is 1. The average Bonchev–Trinajstić information content (AvgIpc) is 3.07. The van der Waals surface area contributed by atoms with E-state index in [-0.39, 0.29) is 17.9 Å². The average molecular weight is 456 g/mol. The Bertz CT molecular complexity index is 1260. The quantitative estimate of drug-likeness (QED) is 0.297. The molecule has 3 aromatic carbocycles. The Morgan fingerprint density at radius 3 is 2.12 bits per heavy atom. The largest absolute Gasteiger partial charge is 0.507 e. The number of ketones is 1. The standard InChI is InChI=1S/C29H29NO4/c1-5-34-24-15-14-23(16-20(24)4)27(31)25-26(22-12-8-19(3)9-13-22)30(29(33)28(25)32)17-21-10-6-18(2)7-11-21/h6-16,26,31H,5,17H2,1-4H3. The molecule has 0 aromatic heterocycles. The number of likely N-dealkylation sites (tertiary alicyclic amines) is 1. The molecule has 1 amide bonds. The number of hydrogen-bond donors (Lipinski definition) is 1. The van der Waals surface area contributed by atoms with Gasteiger partial charge in [0.15, 0.2) is 0 Å². The van der Waals surface area contributed by atoms with E-state index < -0.39 is 17.7 Å². The molecule has 174 valence electrons. The molecule has 5 heteroatoms. The Balaban J connectivity index is 1.83. The maximum atomic E-state index is 13.2. The van der Waals surface area contributed by atoms with E-state index in [2.05, 4.69) is 0 Å². The van der Waals surface area contributed by atoms with Crippen molar-refractivity contribution in [2.75, 3.05) is 6.61 Å². The maximum absolute atomic E-state index is 13.2. The molecular weight excluding hydrogens is 426 g/mol. The second-order valence-corrected chi connectivity index (χ2v) is 8.74. The Kier molecular flexibility index (Phi) is 6.55. The van der Waals surface area contributed by atoms with Crippen molar-refractivity contribution in [3.8, 4) is 5.75 Å². The molecule has 1 saturated heterocycles. The highest BCUT2D eigenvalue weighted by molar-refractivity contribution is 6.46. The van der Waals surface area contributed by atoms with Gasteiger partial charge >= 0.3 is 0 Å². The minimum atomic E-state index is -0.686. The van der Waals surface area contributed by atoms with Gasteiger partial charge in [-0.25, -0.2) is 0 Å². The van der Waals surface area contributed by atoms with Crippen molar-refractivity contribution >= 4 is 17.4 Å². The summed E-state index contributed by atoms with van der Waals surface area (Å²) < 4.78 is 5.60. The summed E-state index contributed by atoms with van der Waals surface area (Å²) in [6, 6.07) is 20.2. The van der Waals surface area contributed by atoms with Crippen LogP contribution in [0.15, 0.2) is 72.3 Å². The van der Waals surface area contributed by atoms with Gasteiger partial charge in [0.1, 0.15) is 11.5 Å². The van der Waals surface area contributed by atoms with Crippen LogP contribution in [-0.2, 0) is 16.1 Å². The van der Waals surface area contributed by atoms with Crippen LogP contribution in [0, 0.1) is 20.8 Å². The molecule has 0 radical (unpaired) electrons. The zero-order chi connectivity index (χ0) is 24.4. The minimum absolute atomic E-state index is 0.101. The lowest BCUT2D eigenvalue weighted by Gasteiger charge is -2.25. The number of aliphatic hydroxyl groups excluding tert-OH is 1. The van der Waals surface area contributed by atoms with E-state index in [0.717, 1.165) is 27.8 Å². The van der Waals surface area contributed by atoms with Gasteiger partial charge in [0.2, 0.25) is 0 Å². The number of ether oxygens (including phenoxy) is 1. The molecule has 1 aliphatic heterocycles. The van der Waals surface area contributed by atoms with Gasteiger partial charge in [0.25, 0.3) is 11.7 Å². The lowest BCUT2D eigenvalue weighted by molar-refractivity contribution is -0.140. The van der Waals surface area contributed by atoms with Crippen LogP contribution in [0.2, 0.25) is 0 Å². The number of Topliss-reactive ketones (excluding diaryl/α,β-unsaturated/α-hetero) is 1. The van der Waals surface area contributed by atoms with Crippen molar-refractivity contribution in [2.45, 2.75) is 40.3 Å². The first kappa shape index (κ1) is 23.3. The Morgan fingerprint density at radius 2 is 1.53 bits per heavy atom. The first-order chi connectivity index (χ1) is 16.3. The molecule has 1 atom stereocenters. The van der Waals surface area contributed by atoms with E-state index in [1.807, 2.05) is 76.2 Å². The van der Waals surface area contributed by atoms with E-state index >= 15 is 0 Å². The molecule has 1 unspecified atom stereocenters. The highest BCUT2D eigenvalue weighted by atomic mass is 16.5. The summed E-state index contributed by atoms with van der Waals surface area (Å²) in [7, 11) is 0. The number of carbonyl (C=O) groups is 2. The van der Waals surface area contributed by atoms with Crippen LogP contribution in [0.4, 0.5) is 0 Å². The zero-order valence-corrected chi connectivity index (χ0v) is 20.0. The molecule has 0 aliphatic carbocycles. The molecule has 0 bridgehead atoms. The van der Waals surface area contributed by atoms with Crippen molar-refractivity contribution < 1.29 is 19.4 Å². The molecule has 0 spiro atoms. The van der Waals surface area contributed by atoms with Crippen molar-refractivity contribution in [3.05, 3.63) is 106 Å². The SMILES string of the molecule is CCOc1ccc(C(O)=C2C(=O)C(=O)N(Cc3ccc(C)cc3)C2c2ccc(C)cc2)cc1C. The number of rotatable bonds is 6. The smallest absolute Gasteiger partial charge is 0.295 e. The fraction of sp³-hybridized carbons (Fsp3) is 0.241. The van der Waals surface area contributed by atoms with Gasteiger partial charge in [-0.3, -0.25) is 9.59 Å². The van der Waals surface area contributed by atoms with Crippen LogP contribution >= 0.6 is 0 Å². The van der Waals surface area contributed by atoms with Crippen LogP contribution in [0.1, 0.15) is 46.3 Å². The topological polar surface area (TPSA) is 66.8 Å². The van der Waals surface area contributed by atoms with Gasteiger partial charge in [-0.2, -0.15) is 0 Å². The summed E-state index contributed by atoms with van der Waals surface area (Å²) in [5.74, 6) is -0.757. The molecular formula is C29H29NO4. The first-order valence-corrected chi connectivity index (χ1v) is 11.4. The fourth-order valence-corrected chi connectivity index (χ4v) is 4.30. The molecule has 5 nitrogen and oxygen atoms in total. The van der Waals surface area contributed by atoms with Gasteiger partial charge in [-0.1, -0.05) is 59.7 Å². The van der Waals surface area contributed by atoms with Crippen LogP contribution < -0.4 is 4.74 Å². The van der Waals surface area contributed by atoms with Crippen LogP contribution in [0.5, 0.6) is 5.75 Å². The van der Waals surface area contributed by atoms with Crippen molar-refractivity contribution in [1.82, 2.24) is 4.90 Å². The third kappa shape index (κ3) is 4.46. The predicted octanol–water partition coefficient (Wildman–Crippen LogP) is 5.63. The van der Waals surface area contributed by atoms with E-state index in [1.54, 1.807) is 23.1 Å². The van der Waals surface area contributed by atoms with Gasteiger partial charge < -0.3 is 14.7 Å². The van der Waals surface area contributed by atoms with Gasteiger partial charge in [0.05, 0.1) is 18.2 Å². The highest BCUT2D eigenvalue weighted by Gasteiger charge is 2.46. The monoisotopic (exact) mass is 455 g/mol. The second kappa shape index (κ2) is 9.56. The molecule has 0 saturated carbocycles. The van der Waals surface area contributed by atoms with Crippen LogP contribution in [0.25, 0.3) is 5.76 Å². The summed E-state index contributed by atoms with van der Waals surface area (Å²) in [5, 5.41) is 11.3. The van der Waals surface area contributed by atoms with Crippen LogP contribution in [-0.4, -0.2) is 28.3 Å². The lowest BCUT2D eigenvalue weighted by atomic mass is 9.94. The molecule has 3 aromatic rings. The predicted molar refractivity (Wildman–Crippen MR) is 133 cm³/mol. The van der Waals surface area contributed by atoms with E-state index in [9.17, 15) is 14.7 Å². The highest BCUT2D eigenvalue weighted by Crippen LogP contribution is 2.40. The lowest BCUT2D eigenvalue weighted by Crippen LogP contribution is -2.29. The summed E-state index contributed by atoms with van der Waals surface area (Å²) in [5.41, 5.74) is 5.30. The van der Waals surface area contributed by atoms with Crippen molar-refractivity contribution in [1.29, 1.82) is 0 Å². The normalized spacial score (nSPS) is 17.3. The minimum Gasteiger partial charge on any atom is -0.507 e. The number of hydrogen-bond acceptors (Lipinski definition) is 4. The second-order valence-electron chi connectivity index (χ2n) is 8.74. The number of aryl methyl sites for hydroxylation is 3. The fourth-order valence-electron chi connectivity index (χ4n) is 4.30. The molecule has 1 aliphatic rings. The third-order valence-corrected chi connectivity index (χ3v) is 6.15. The molecule has 1 heterocycles. The summed E-state index contributed by atoms with van der Waals surface area (Å²) in [4.78, 5) is 28.0. The molecule has 1 fully saturated rings. The first-order valence-electron chi connectivity index (χ1n) is 11.4. The van der Waals surface area contributed by atoms with Gasteiger partial charge in [-0.05, 0) is 62.6 Å². The van der Waals surface area contributed by atoms with E-state index in [0.29, 0.717) is 17.9 Å². The number of nitrogens with zero attached hydrogens (tertiary/aromatic N) is 1. The van der Waals surface area contributed by atoms with Gasteiger partial charge in [-0.15, -0.1) is 0 Å². The molecule has 34 heavy (non-hydrogen) atoms. The number of aliphatic hydroxyl groups is 1. The third-order valence-electron chi connectivity index (χ3n) is 6.15.